The van der Waals surface area contributed by atoms with Crippen LogP contribution in [0.3, 0.4) is 0 Å². The van der Waals surface area contributed by atoms with Crippen molar-refractivity contribution >= 4 is 16.6 Å². The summed E-state index contributed by atoms with van der Waals surface area (Å²) in [5, 5.41) is 23.2. The number of pyridine rings is 1. The Morgan fingerprint density at radius 1 is 1.41 bits per heavy atom. The Labute approximate surface area is 129 Å². The first-order chi connectivity index (χ1) is 10.6. The fourth-order valence-corrected chi connectivity index (χ4v) is 2.85. The standard InChI is InChI=1S/C17H19N3O2/c1-11-3-12(2)15-14(4-11)16(13(5-18)6-19-15)20-7-17(8-21)9-22-10-17/h3-4,6,21H,7-10H2,1-2H3,(H,19,20). The van der Waals surface area contributed by atoms with Crippen molar-refractivity contribution in [3.05, 3.63) is 35.0 Å². The van der Waals surface area contributed by atoms with Crippen LogP contribution in [0.4, 0.5) is 5.69 Å². The van der Waals surface area contributed by atoms with Crippen LogP contribution in [0.2, 0.25) is 0 Å². The quantitative estimate of drug-likeness (QED) is 0.904. The van der Waals surface area contributed by atoms with Gasteiger partial charge in [0.1, 0.15) is 6.07 Å². The first-order valence-electron chi connectivity index (χ1n) is 7.31. The van der Waals surface area contributed by atoms with Crippen molar-refractivity contribution in [1.29, 1.82) is 5.26 Å². The maximum absolute atomic E-state index is 9.55. The first kappa shape index (κ1) is 14.8. The maximum Gasteiger partial charge on any atom is 0.103 e. The largest absolute Gasteiger partial charge is 0.396 e. The Morgan fingerprint density at radius 3 is 2.77 bits per heavy atom. The lowest BCUT2D eigenvalue weighted by atomic mass is 9.87. The minimum atomic E-state index is -0.249. The number of hydrogen-bond donors (Lipinski definition) is 2. The van der Waals surface area contributed by atoms with Gasteiger partial charge in [-0.1, -0.05) is 11.6 Å². The van der Waals surface area contributed by atoms with Crippen molar-refractivity contribution in [2.45, 2.75) is 13.8 Å². The monoisotopic (exact) mass is 297 g/mol. The topological polar surface area (TPSA) is 78.2 Å². The van der Waals surface area contributed by atoms with Crippen molar-refractivity contribution in [3.8, 4) is 6.07 Å². The molecule has 0 radical (unpaired) electrons. The molecule has 3 rings (SSSR count). The number of aliphatic hydroxyl groups is 1. The molecule has 1 aliphatic rings. The molecule has 5 nitrogen and oxygen atoms in total. The van der Waals surface area contributed by atoms with Crippen LogP contribution in [0.15, 0.2) is 18.3 Å². The van der Waals surface area contributed by atoms with E-state index in [-0.39, 0.29) is 12.0 Å². The van der Waals surface area contributed by atoms with E-state index in [1.165, 1.54) is 0 Å². The summed E-state index contributed by atoms with van der Waals surface area (Å²) >= 11 is 0. The van der Waals surface area contributed by atoms with Crippen LogP contribution in [0.1, 0.15) is 16.7 Å². The third-order valence-corrected chi connectivity index (χ3v) is 4.22. The van der Waals surface area contributed by atoms with Gasteiger partial charge in [0.25, 0.3) is 0 Å². The highest BCUT2D eigenvalue weighted by atomic mass is 16.5. The summed E-state index contributed by atoms with van der Waals surface area (Å²) in [5.74, 6) is 0. The lowest BCUT2D eigenvalue weighted by Crippen LogP contribution is -2.50. The molecule has 0 amide bonds. The number of nitriles is 1. The van der Waals surface area contributed by atoms with E-state index in [0.717, 1.165) is 27.7 Å². The number of nitrogens with one attached hydrogen (secondary N) is 1. The molecule has 5 heteroatoms. The molecule has 1 aromatic carbocycles. The molecule has 2 heterocycles. The van der Waals surface area contributed by atoms with Gasteiger partial charge < -0.3 is 15.2 Å². The number of ether oxygens (including phenoxy) is 1. The molecule has 22 heavy (non-hydrogen) atoms. The Bertz CT molecular complexity index is 755. The molecule has 0 atom stereocenters. The van der Waals surface area contributed by atoms with Crippen molar-refractivity contribution in [2.75, 3.05) is 31.7 Å². The number of rotatable bonds is 4. The van der Waals surface area contributed by atoms with Crippen LogP contribution < -0.4 is 5.32 Å². The van der Waals surface area contributed by atoms with Gasteiger partial charge in [-0.15, -0.1) is 0 Å². The van der Waals surface area contributed by atoms with E-state index in [1.54, 1.807) is 6.20 Å². The zero-order valence-electron chi connectivity index (χ0n) is 12.8. The maximum atomic E-state index is 9.55. The van der Waals surface area contributed by atoms with Crippen LogP contribution >= 0.6 is 0 Å². The fourth-order valence-electron chi connectivity index (χ4n) is 2.85. The van der Waals surface area contributed by atoms with E-state index >= 15 is 0 Å². The molecule has 0 spiro atoms. The molecule has 0 aliphatic carbocycles. The summed E-state index contributed by atoms with van der Waals surface area (Å²) in [4.78, 5) is 4.42. The second-order valence-electron chi connectivity index (χ2n) is 6.14. The molecule has 114 valence electrons. The first-order valence-corrected chi connectivity index (χ1v) is 7.31. The Morgan fingerprint density at radius 2 is 2.18 bits per heavy atom. The number of aliphatic hydroxyl groups excluding tert-OH is 1. The number of hydrogen-bond acceptors (Lipinski definition) is 5. The zero-order valence-corrected chi connectivity index (χ0v) is 12.8. The van der Waals surface area contributed by atoms with Crippen molar-refractivity contribution in [1.82, 2.24) is 4.98 Å². The lowest BCUT2D eigenvalue weighted by molar-refractivity contribution is -0.128. The molecular formula is C17H19N3O2. The van der Waals surface area contributed by atoms with Crippen molar-refractivity contribution in [3.63, 3.8) is 0 Å². The number of benzene rings is 1. The summed E-state index contributed by atoms with van der Waals surface area (Å²) in [7, 11) is 0. The van der Waals surface area contributed by atoms with Crippen LogP contribution in [-0.4, -0.2) is 36.5 Å². The summed E-state index contributed by atoms with van der Waals surface area (Å²) in [6.45, 7) is 5.78. The van der Waals surface area contributed by atoms with E-state index in [2.05, 4.69) is 22.4 Å². The van der Waals surface area contributed by atoms with Gasteiger partial charge >= 0.3 is 0 Å². The predicted octanol–water partition coefficient (Wildman–Crippen LogP) is 2.14. The molecule has 2 N–H and O–H groups in total. The third-order valence-electron chi connectivity index (χ3n) is 4.22. The van der Waals surface area contributed by atoms with Crippen LogP contribution in [0, 0.1) is 30.6 Å². The van der Waals surface area contributed by atoms with E-state index in [1.807, 2.05) is 19.9 Å². The van der Waals surface area contributed by atoms with E-state index in [0.29, 0.717) is 25.3 Å². The SMILES string of the molecule is Cc1cc(C)c2ncc(C#N)c(NCC3(CO)COC3)c2c1. The number of fused-ring (bicyclic) bond motifs is 1. The molecule has 0 unspecified atom stereocenters. The molecule has 1 aromatic heterocycles. The second-order valence-corrected chi connectivity index (χ2v) is 6.14. The average Bonchev–Trinajstić information content (AvgIpc) is 2.46. The summed E-state index contributed by atoms with van der Waals surface area (Å²) in [6, 6.07) is 6.32. The lowest BCUT2D eigenvalue weighted by Gasteiger charge is -2.40. The smallest absolute Gasteiger partial charge is 0.103 e. The molecule has 0 saturated carbocycles. The zero-order chi connectivity index (χ0) is 15.7. The van der Waals surface area contributed by atoms with Crippen LogP contribution in [-0.2, 0) is 4.74 Å². The molecule has 0 bridgehead atoms. The van der Waals surface area contributed by atoms with Crippen LogP contribution in [0.5, 0.6) is 0 Å². The minimum absolute atomic E-state index is 0.0724. The summed E-state index contributed by atoms with van der Waals surface area (Å²) in [6.07, 6.45) is 1.61. The highest BCUT2D eigenvalue weighted by molar-refractivity contribution is 5.96. The third kappa shape index (κ3) is 2.41. The normalized spacial score (nSPS) is 16.1. The Kier molecular flexibility index (Phi) is 3.73. The summed E-state index contributed by atoms with van der Waals surface area (Å²) < 4.78 is 5.22. The molecule has 1 aliphatic heterocycles. The number of anilines is 1. The number of nitrogens with zero attached hydrogens (tertiary/aromatic N) is 2. The predicted molar refractivity (Wildman–Crippen MR) is 84.8 cm³/mol. The fraction of sp³-hybridized carbons (Fsp3) is 0.412. The highest BCUT2D eigenvalue weighted by Gasteiger charge is 2.38. The Hall–Kier alpha value is -2.16. The Balaban J connectivity index is 2.04. The van der Waals surface area contributed by atoms with Crippen LogP contribution in [0.25, 0.3) is 10.9 Å². The van der Waals surface area contributed by atoms with E-state index < -0.39 is 0 Å². The van der Waals surface area contributed by atoms with Gasteiger partial charge in [0.05, 0.1) is 42.0 Å². The summed E-state index contributed by atoms with van der Waals surface area (Å²) in [5.41, 5.74) is 4.18. The number of aromatic nitrogens is 1. The molecular weight excluding hydrogens is 278 g/mol. The minimum Gasteiger partial charge on any atom is -0.396 e. The average molecular weight is 297 g/mol. The molecule has 1 saturated heterocycles. The van der Waals surface area contributed by atoms with Crippen molar-refractivity contribution in [2.24, 2.45) is 5.41 Å². The second kappa shape index (κ2) is 5.56. The highest BCUT2D eigenvalue weighted by Crippen LogP contribution is 2.32. The van der Waals surface area contributed by atoms with Crippen molar-refractivity contribution < 1.29 is 9.84 Å². The van der Waals surface area contributed by atoms with E-state index in [9.17, 15) is 10.4 Å². The van der Waals surface area contributed by atoms with Gasteiger partial charge in [-0.3, -0.25) is 4.98 Å². The van der Waals surface area contributed by atoms with Gasteiger partial charge in [-0.2, -0.15) is 5.26 Å². The molecule has 2 aromatic rings. The van der Waals surface area contributed by atoms with Gasteiger partial charge in [0.15, 0.2) is 0 Å². The van der Waals surface area contributed by atoms with Gasteiger partial charge in [-0.05, 0) is 25.5 Å². The number of aryl methyl sites for hydroxylation is 2. The van der Waals surface area contributed by atoms with Gasteiger partial charge in [0, 0.05) is 18.1 Å². The molecule has 1 fully saturated rings. The van der Waals surface area contributed by atoms with Gasteiger partial charge in [0.2, 0.25) is 0 Å². The van der Waals surface area contributed by atoms with E-state index in [4.69, 9.17) is 4.74 Å². The van der Waals surface area contributed by atoms with Gasteiger partial charge in [-0.25, -0.2) is 0 Å².